The Balaban J connectivity index is 2.47. The molecule has 1 aliphatic rings. The van der Waals surface area contributed by atoms with Crippen LogP contribution in [0.1, 0.15) is 39.5 Å². The molecule has 1 rings (SSSR count). The Bertz CT molecular complexity index is 134. The second-order valence-electron chi connectivity index (χ2n) is 2.75. The highest BCUT2D eigenvalue weighted by Crippen LogP contribution is 2.47. The van der Waals surface area contributed by atoms with Gasteiger partial charge in [-0.3, -0.25) is 0 Å². The number of hydrogen-bond acceptors (Lipinski definition) is 2. The highest BCUT2D eigenvalue weighted by molar-refractivity contribution is 8.79. The minimum absolute atomic E-state index is 1.27. The van der Waals surface area contributed by atoms with Gasteiger partial charge in [-0.2, -0.15) is 32.9 Å². The van der Waals surface area contributed by atoms with Crippen molar-refractivity contribution in [3.05, 3.63) is 16.2 Å². The quantitative estimate of drug-likeness (QED) is 0.472. The first kappa shape index (κ1) is 9.40. The number of hydrogen-bond donors (Lipinski definition) is 0. The molecule has 0 fully saturated rings. The van der Waals surface area contributed by atoms with Crippen molar-refractivity contribution < 1.29 is 0 Å². The van der Waals surface area contributed by atoms with E-state index in [0.29, 0.717) is 0 Å². The van der Waals surface area contributed by atoms with E-state index in [4.69, 9.17) is 0 Å². The molecule has 0 atom stereocenters. The molecule has 0 aliphatic carbocycles. The third-order valence-electron chi connectivity index (χ3n) is 1.69. The van der Waals surface area contributed by atoms with Crippen LogP contribution in [0, 0.1) is 5.75 Å². The van der Waals surface area contributed by atoms with Gasteiger partial charge in [-0.15, -0.1) is 4.91 Å². The molecule has 0 amide bonds. The van der Waals surface area contributed by atoms with Crippen molar-refractivity contribution in [3.8, 4) is 0 Å². The third kappa shape index (κ3) is 2.68. The lowest BCUT2D eigenvalue weighted by molar-refractivity contribution is 0.885. The standard InChI is InChI=1S/C9H15S2/c1-3-5-8-7-10-11-9(8)6-4-2/h7H,3-6H2,1-2H3/q-1. The van der Waals surface area contributed by atoms with Gasteiger partial charge in [-0.25, -0.2) is 0 Å². The summed E-state index contributed by atoms with van der Waals surface area (Å²) in [5.74, 6) is 2.32. The average Bonchev–Trinajstić information content (AvgIpc) is 2.39. The van der Waals surface area contributed by atoms with E-state index in [1.54, 1.807) is 10.5 Å². The lowest BCUT2D eigenvalue weighted by atomic mass is 10.1. The van der Waals surface area contributed by atoms with Crippen molar-refractivity contribution in [1.82, 2.24) is 0 Å². The Morgan fingerprint density at radius 1 is 1.18 bits per heavy atom. The van der Waals surface area contributed by atoms with Crippen LogP contribution in [0.4, 0.5) is 0 Å². The average molecular weight is 187 g/mol. The summed E-state index contributed by atoms with van der Waals surface area (Å²) in [6, 6.07) is 0. The van der Waals surface area contributed by atoms with Crippen molar-refractivity contribution >= 4 is 21.6 Å². The summed E-state index contributed by atoms with van der Waals surface area (Å²) in [6.07, 6.45) is 5.11. The summed E-state index contributed by atoms with van der Waals surface area (Å²) in [5.41, 5.74) is 1.60. The molecule has 0 N–H and O–H groups in total. The predicted molar refractivity (Wildman–Crippen MR) is 56.3 cm³/mol. The van der Waals surface area contributed by atoms with Gasteiger partial charge in [0.25, 0.3) is 0 Å². The Morgan fingerprint density at radius 3 is 2.55 bits per heavy atom. The maximum absolute atomic E-state index is 2.32. The Kier molecular flexibility index (Phi) is 4.31. The van der Waals surface area contributed by atoms with Gasteiger partial charge >= 0.3 is 0 Å². The molecule has 0 saturated carbocycles. The number of allylic oxidation sites excluding steroid dienone is 1. The number of rotatable bonds is 4. The van der Waals surface area contributed by atoms with Crippen LogP contribution in [-0.2, 0) is 0 Å². The van der Waals surface area contributed by atoms with Crippen LogP contribution in [0.25, 0.3) is 0 Å². The van der Waals surface area contributed by atoms with Gasteiger partial charge in [0.05, 0.1) is 0 Å². The lowest BCUT2D eigenvalue weighted by Crippen LogP contribution is -1.82. The summed E-state index contributed by atoms with van der Waals surface area (Å²) in [5, 5.41) is 0. The van der Waals surface area contributed by atoms with E-state index >= 15 is 0 Å². The van der Waals surface area contributed by atoms with Crippen molar-refractivity contribution in [2.24, 2.45) is 0 Å². The van der Waals surface area contributed by atoms with E-state index in [-0.39, 0.29) is 0 Å². The van der Waals surface area contributed by atoms with E-state index in [0.717, 1.165) is 0 Å². The zero-order chi connectivity index (χ0) is 8.10. The molecule has 0 saturated heterocycles. The van der Waals surface area contributed by atoms with Crippen LogP contribution in [0.5, 0.6) is 0 Å². The zero-order valence-electron chi connectivity index (χ0n) is 7.22. The summed E-state index contributed by atoms with van der Waals surface area (Å²) in [6.45, 7) is 4.50. The second-order valence-corrected chi connectivity index (χ2v) is 4.91. The summed E-state index contributed by atoms with van der Waals surface area (Å²) < 4.78 is 0. The van der Waals surface area contributed by atoms with Crippen molar-refractivity contribution in [2.45, 2.75) is 39.5 Å². The molecule has 64 valence electrons. The lowest BCUT2D eigenvalue weighted by Gasteiger charge is -2.11. The molecule has 0 aromatic rings. The highest BCUT2D eigenvalue weighted by atomic mass is 33.1. The van der Waals surface area contributed by atoms with Gasteiger partial charge in [-0.05, 0) is 0 Å². The van der Waals surface area contributed by atoms with E-state index in [9.17, 15) is 0 Å². The van der Waals surface area contributed by atoms with Crippen LogP contribution >= 0.6 is 21.6 Å². The molecule has 0 radical (unpaired) electrons. The molecule has 0 aromatic heterocycles. The van der Waals surface area contributed by atoms with Gasteiger partial charge < -0.3 is 0 Å². The summed E-state index contributed by atoms with van der Waals surface area (Å²) >= 11 is 0. The molecule has 2 heteroatoms. The highest BCUT2D eigenvalue weighted by Gasteiger charge is 2.02. The van der Waals surface area contributed by atoms with Crippen LogP contribution in [0.2, 0.25) is 0 Å². The van der Waals surface area contributed by atoms with Crippen LogP contribution < -0.4 is 0 Å². The zero-order valence-corrected chi connectivity index (χ0v) is 8.86. The Morgan fingerprint density at radius 2 is 1.91 bits per heavy atom. The fourth-order valence-corrected chi connectivity index (χ4v) is 3.74. The van der Waals surface area contributed by atoms with Crippen molar-refractivity contribution in [1.29, 1.82) is 0 Å². The fraction of sp³-hybridized carbons (Fsp3) is 0.667. The first-order valence-electron chi connectivity index (χ1n) is 4.27. The summed E-state index contributed by atoms with van der Waals surface area (Å²) in [7, 11) is 3.84. The molecule has 11 heavy (non-hydrogen) atoms. The maximum atomic E-state index is 2.32. The molecule has 0 spiro atoms. The van der Waals surface area contributed by atoms with E-state index in [2.05, 4.69) is 19.6 Å². The first-order valence-corrected chi connectivity index (χ1v) is 6.48. The normalized spacial score (nSPS) is 17.3. The van der Waals surface area contributed by atoms with Crippen LogP contribution in [0.15, 0.2) is 10.5 Å². The first-order chi connectivity index (χ1) is 5.38. The van der Waals surface area contributed by atoms with Gasteiger partial charge in [0, 0.05) is 0 Å². The SMILES string of the molecule is CCCC1=C(CCC)SS[CH-]1. The summed E-state index contributed by atoms with van der Waals surface area (Å²) in [4.78, 5) is 1.62. The molecular formula is C9H15S2-. The molecule has 0 bridgehead atoms. The van der Waals surface area contributed by atoms with E-state index in [1.165, 1.54) is 25.7 Å². The maximum Gasteiger partial charge on any atom is -0.0549 e. The second kappa shape index (κ2) is 5.04. The topological polar surface area (TPSA) is 0 Å². The Hall–Kier alpha value is 0.310. The smallest absolute Gasteiger partial charge is 0.0549 e. The molecule has 0 aromatic carbocycles. The van der Waals surface area contributed by atoms with Crippen molar-refractivity contribution in [2.75, 3.05) is 0 Å². The van der Waals surface area contributed by atoms with Crippen LogP contribution in [0.3, 0.4) is 0 Å². The largest absolute Gasteiger partial charge is 0.193 e. The molecule has 0 unspecified atom stereocenters. The van der Waals surface area contributed by atoms with Crippen LogP contribution in [-0.4, -0.2) is 0 Å². The minimum Gasteiger partial charge on any atom is -0.193 e. The van der Waals surface area contributed by atoms with Gasteiger partial charge in [0.1, 0.15) is 0 Å². The third-order valence-corrected chi connectivity index (χ3v) is 4.02. The van der Waals surface area contributed by atoms with E-state index < -0.39 is 0 Å². The molecule has 0 nitrogen and oxygen atoms in total. The monoisotopic (exact) mass is 187 g/mol. The predicted octanol–water partition coefficient (Wildman–Crippen LogP) is 4.40. The van der Waals surface area contributed by atoms with E-state index in [1.807, 2.05) is 21.6 Å². The van der Waals surface area contributed by atoms with Crippen molar-refractivity contribution in [3.63, 3.8) is 0 Å². The molecular weight excluding hydrogens is 172 g/mol. The minimum atomic E-state index is 1.27. The van der Waals surface area contributed by atoms with Gasteiger partial charge in [-0.1, -0.05) is 39.5 Å². The van der Waals surface area contributed by atoms with Gasteiger partial charge in [0.15, 0.2) is 0 Å². The fourth-order valence-electron chi connectivity index (χ4n) is 1.16. The molecule has 1 aliphatic heterocycles. The van der Waals surface area contributed by atoms with Gasteiger partial charge in [0.2, 0.25) is 0 Å². The Labute approximate surface area is 77.6 Å². The molecule has 1 heterocycles.